The molecule has 0 saturated carbocycles. The second-order valence-corrected chi connectivity index (χ2v) is 3.46. The number of hydrogen-bond acceptors (Lipinski definition) is 2. The maximum Gasteiger partial charge on any atom is 0.221 e. The van der Waals surface area contributed by atoms with E-state index in [0.717, 1.165) is 0 Å². The van der Waals surface area contributed by atoms with Crippen LogP contribution in [0.1, 0.15) is 6.92 Å². The van der Waals surface area contributed by atoms with Crippen LogP contribution in [-0.2, 0) is 4.79 Å². The van der Waals surface area contributed by atoms with Crippen molar-refractivity contribution in [2.45, 2.75) is 6.92 Å². The van der Waals surface area contributed by atoms with E-state index in [9.17, 15) is 4.79 Å². The van der Waals surface area contributed by atoms with Crippen molar-refractivity contribution < 1.29 is 9.53 Å². The zero-order valence-corrected chi connectivity index (χ0v) is 9.24. The molecule has 0 aromatic heterocycles. The van der Waals surface area contributed by atoms with Crippen LogP contribution in [0.4, 0.5) is 5.69 Å². The van der Waals surface area contributed by atoms with Crippen LogP contribution < -0.4 is 10.1 Å². The fourth-order valence-electron chi connectivity index (χ4n) is 0.970. The molecule has 5 heteroatoms. The summed E-state index contributed by atoms with van der Waals surface area (Å²) in [5, 5.41) is 3.35. The third kappa shape index (κ3) is 2.53. The largest absolute Gasteiger partial charge is 0.495 e. The zero-order chi connectivity index (χ0) is 10.7. The average molecular weight is 234 g/mol. The van der Waals surface area contributed by atoms with Gasteiger partial charge in [-0.3, -0.25) is 4.79 Å². The second-order valence-electron chi connectivity index (χ2n) is 2.65. The lowest BCUT2D eigenvalue weighted by molar-refractivity contribution is -0.114. The SMILES string of the molecule is COc1cc(Cl)c(NC(C)=O)cc1Cl. The number of ether oxygens (including phenoxy) is 1. The number of amides is 1. The van der Waals surface area contributed by atoms with Crippen LogP contribution in [0.2, 0.25) is 10.0 Å². The first-order valence-corrected chi connectivity index (χ1v) is 4.61. The molecule has 0 saturated heterocycles. The molecule has 76 valence electrons. The van der Waals surface area contributed by atoms with Gasteiger partial charge in [-0.15, -0.1) is 0 Å². The summed E-state index contributed by atoms with van der Waals surface area (Å²) in [7, 11) is 1.50. The number of anilines is 1. The van der Waals surface area contributed by atoms with Crippen LogP contribution in [-0.4, -0.2) is 13.0 Å². The molecule has 0 radical (unpaired) electrons. The Morgan fingerprint density at radius 1 is 1.36 bits per heavy atom. The average Bonchev–Trinajstić information content (AvgIpc) is 2.10. The summed E-state index contributed by atoms with van der Waals surface area (Å²) in [5.74, 6) is 0.277. The molecule has 0 atom stereocenters. The first kappa shape index (κ1) is 11.1. The smallest absolute Gasteiger partial charge is 0.221 e. The summed E-state index contributed by atoms with van der Waals surface area (Å²) in [4.78, 5) is 10.8. The van der Waals surface area contributed by atoms with Crippen LogP contribution in [0, 0.1) is 0 Å². The third-order valence-corrected chi connectivity index (χ3v) is 2.16. The summed E-state index contributed by atoms with van der Waals surface area (Å²) < 4.78 is 4.96. The van der Waals surface area contributed by atoms with Crippen LogP contribution in [0.3, 0.4) is 0 Å². The fraction of sp³-hybridized carbons (Fsp3) is 0.222. The summed E-state index contributed by atoms with van der Waals surface area (Å²) in [6.45, 7) is 1.40. The van der Waals surface area contributed by atoms with E-state index < -0.39 is 0 Å². The van der Waals surface area contributed by atoms with E-state index in [4.69, 9.17) is 27.9 Å². The van der Waals surface area contributed by atoms with Crippen molar-refractivity contribution in [2.75, 3.05) is 12.4 Å². The molecule has 3 nitrogen and oxygen atoms in total. The van der Waals surface area contributed by atoms with Crippen molar-refractivity contribution in [1.29, 1.82) is 0 Å². The Balaban J connectivity index is 3.08. The maximum absolute atomic E-state index is 10.8. The van der Waals surface area contributed by atoms with Gasteiger partial charge in [-0.05, 0) is 6.07 Å². The molecule has 0 aliphatic carbocycles. The van der Waals surface area contributed by atoms with Gasteiger partial charge in [0, 0.05) is 13.0 Å². The summed E-state index contributed by atoms with van der Waals surface area (Å²) in [6, 6.07) is 3.10. The van der Waals surface area contributed by atoms with Gasteiger partial charge in [-0.25, -0.2) is 0 Å². The van der Waals surface area contributed by atoms with E-state index in [1.165, 1.54) is 14.0 Å². The minimum atomic E-state index is -0.201. The second kappa shape index (κ2) is 4.53. The van der Waals surface area contributed by atoms with Gasteiger partial charge in [0.25, 0.3) is 0 Å². The highest BCUT2D eigenvalue weighted by Gasteiger charge is 2.08. The van der Waals surface area contributed by atoms with Gasteiger partial charge < -0.3 is 10.1 Å². The lowest BCUT2D eigenvalue weighted by atomic mass is 10.3. The summed E-state index contributed by atoms with van der Waals surface area (Å²) in [5.41, 5.74) is 0.477. The van der Waals surface area contributed by atoms with Gasteiger partial charge in [0.05, 0.1) is 22.8 Å². The monoisotopic (exact) mass is 233 g/mol. The van der Waals surface area contributed by atoms with Gasteiger partial charge in [0.1, 0.15) is 5.75 Å². The Bertz CT molecular complexity index is 366. The third-order valence-electron chi connectivity index (χ3n) is 1.55. The van der Waals surface area contributed by atoms with Crippen molar-refractivity contribution in [1.82, 2.24) is 0 Å². The highest BCUT2D eigenvalue weighted by Crippen LogP contribution is 2.33. The van der Waals surface area contributed by atoms with Gasteiger partial charge >= 0.3 is 0 Å². The van der Waals surface area contributed by atoms with Crippen molar-refractivity contribution in [3.05, 3.63) is 22.2 Å². The molecule has 0 unspecified atom stereocenters. The Kier molecular flexibility index (Phi) is 3.61. The number of carbonyl (C=O) groups is 1. The summed E-state index contributed by atoms with van der Waals surface area (Å²) >= 11 is 11.7. The predicted molar refractivity (Wildman–Crippen MR) is 57.3 cm³/mol. The van der Waals surface area contributed by atoms with E-state index in [0.29, 0.717) is 21.5 Å². The number of methoxy groups -OCH3 is 1. The molecular weight excluding hydrogens is 225 g/mol. The van der Waals surface area contributed by atoms with Crippen molar-refractivity contribution in [3.8, 4) is 5.75 Å². The van der Waals surface area contributed by atoms with Crippen LogP contribution >= 0.6 is 23.2 Å². The minimum Gasteiger partial charge on any atom is -0.495 e. The number of halogens is 2. The van der Waals surface area contributed by atoms with E-state index in [1.54, 1.807) is 12.1 Å². The summed E-state index contributed by atoms with van der Waals surface area (Å²) in [6.07, 6.45) is 0. The number of carbonyl (C=O) groups excluding carboxylic acids is 1. The van der Waals surface area contributed by atoms with E-state index in [1.807, 2.05) is 0 Å². The molecule has 0 bridgehead atoms. The lowest BCUT2D eigenvalue weighted by Crippen LogP contribution is -2.06. The molecule has 0 spiro atoms. The standard InChI is InChI=1S/C9H9Cl2NO2/c1-5(13)12-8-3-7(11)9(14-2)4-6(8)10/h3-4H,1-2H3,(H,12,13). The van der Waals surface area contributed by atoms with E-state index in [2.05, 4.69) is 5.32 Å². The number of rotatable bonds is 2. The van der Waals surface area contributed by atoms with E-state index in [-0.39, 0.29) is 5.91 Å². The Labute approximate surface area is 92.0 Å². The normalized spacial score (nSPS) is 9.71. The number of hydrogen-bond donors (Lipinski definition) is 1. The highest BCUT2D eigenvalue weighted by atomic mass is 35.5. The molecule has 0 aliphatic rings. The number of nitrogens with one attached hydrogen (secondary N) is 1. The molecule has 0 aliphatic heterocycles. The van der Waals surface area contributed by atoms with Gasteiger partial charge in [-0.1, -0.05) is 23.2 Å². The van der Waals surface area contributed by atoms with Crippen molar-refractivity contribution in [3.63, 3.8) is 0 Å². The molecule has 1 N–H and O–H groups in total. The first-order chi connectivity index (χ1) is 6.54. The highest BCUT2D eigenvalue weighted by molar-refractivity contribution is 6.36. The van der Waals surface area contributed by atoms with Crippen molar-refractivity contribution in [2.24, 2.45) is 0 Å². The fourth-order valence-corrected chi connectivity index (χ4v) is 1.41. The van der Waals surface area contributed by atoms with Gasteiger partial charge in [0.15, 0.2) is 0 Å². The molecule has 0 fully saturated rings. The molecule has 1 aromatic rings. The molecule has 0 heterocycles. The van der Waals surface area contributed by atoms with Crippen LogP contribution in [0.15, 0.2) is 12.1 Å². The molecule has 14 heavy (non-hydrogen) atoms. The maximum atomic E-state index is 10.8. The minimum absolute atomic E-state index is 0.201. The molecular formula is C9H9Cl2NO2. The quantitative estimate of drug-likeness (QED) is 0.854. The topological polar surface area (TPSA) is 38.3 Å². The predicted octanol–water partition coefficient (Wildman–Crippen LogP) is 2.96. The van der Waals surface area contributed by atoms with Gasteiger partial charge in [-0.2, -0.15) is 0 Å². The molecule has 1 amide bonds. The van der Waals surface area contributed by atoms with Crippen LogP contribution in [0.5, 0.6) is 5.75 Å². The Hall–Kier alpha value is -0.930. The van der Waals surface area contributed by atoms with E-state index >= 15 is 0 Å². The zero-order valence-electron chi connectivity index (χ0n) is 7.73. The van der Waals surface area contributed by atoms with Crippen molar-refractivity contribution >= 4 is 34.8 Å². The Morgan fingerprint density at radius 3 is 2.50 bits per heavy atom. The number of benzene rings is 1. The molecule has 1 aromatic carbocycles. The Morgan fingerprint density at radius 2 is 2.00 bits per heavy atom. The van der Waals surface area contributed by atoms with Gasteiger partial charge in [0.2, 0.25) is 5.91 Å². The van der Waals surface area contributed by atoms with Crippen LogP contribution in [0.25, 0.3) is 0 Å². The first-order valence-electron chi connectivity index (χ1n) is 3.85. The molecule has 1 rings (SSSR count). The lowest BCUT2D eigenvalue weighted by Gasteiger charge is -2.08.